The van der Waals surface area contributed by atoms with Crippen LogP contribution in [0.25, 0.3) is 21.9 Å². The molecule has 2 aromatic heterocycles. The van der Waals surface area contributed by atoms with E-state index in [0.29, 0.717) is 0 Å². The highest BCUT2D eigenvalue weighted by Crippen LogP contribution is 2.18. The van der Waals surface area contributed by atoms with Crippen molar-refractivity contribution in [3.63, 3.8) is 0 Å². The number of rotatable bonds is 0. The summed E-state index contributed by atoms with van der Waals surface area (Å²) >= 11 is 0. The fraction of sp³-hybridized carbons (Fsp3) is 0. The van der Waals surface area contributed by atoms with Crippen molar-refractivity contribution < 1.29 is 0 Å². The lowest BCUT2D eigenvalue weighted by molar-refractivity contribution is 0.908. The third-order valence-corrected chi connectivity index (χ3v) is 2.07. The topological polar surface area (TPSA) is 64.5 Å². The molecule has 1 aromatic carbocycles. The van der Waals surface area contributed by atoms with E-state index in [2.05, 4.69) is 25.4 Å². The van der Waals surface area contributed by atoms with Crippen LogP contribution in [0.3, 0.4) is 0 Å². The average molecular weight is 183 g/mol. The third kappa shape index (κ3) is 0.922. The van der Waals surface area contributed by atoms with Crippen LogP contribution in [0.1, 0.15) is 0 Å². The highest BCUT2D eigenvalue weighted by molar-refractivity contribution is 6.01. The van der Waals surface area contributed by atoms with Gasteiger partial charge in [0.05, 0.1) is 17.2 Å². The number of fused-ring (bicyclic) bond motifs is 3. The fourth-order valence-corrected chi connectivity index (χ4v) is 1.44. The minimum absolute atomic E-state index is 0.774. The number of imidazole rings is 1. The molecule has 3 aromatic rings. The summed E-state index contributed by atoms with van der Waals surface area (Å²) < 4.78 is 0. The quantitative estimate of drug-likeness (QED) is 0.519. The van der Waals surface area contributed by atoms with Crippen LogP contribution < -0.4 is 0 Å². The van der Waals surface area contributed by atoms with E-state index in [1.54, 1.807) is 6.20 Å². The summed E-state index contributed by atoms with van der Waals surface area (Å²) in [4.78, 5) is 8.28. The fourth-order valence-electron chi connectivity index (χ4n) is 1.44. The summed E-state index contributed by atoms with van der Waals surface area (Å²) in [5.74, 6) is 0. The second kappa shape index (κ2) is 2.66. The van der Waals surface area contributed by atoms with Gasteiger partial charge in [0.15, 0.2) is 0 Å². The molecule has 2 heterocycles. The van der Waals surface area contributed by atoms with Gasteiger partial charge >= 0.3 is 0 Å². The van der Waals surface area contributed by atoms with Crippen LogP contribution in [0, 0.1) is 0 Å². The van der Waals surface area contributed by atoms with Crippen LogP contribution in [0.4, 0.5) is 0 Å². The second-order valence-electron chi connectivity index (χ2n) is 2.86. The summed E-state index contributed by atoms with van der Waals surface area (Å²) in [7, 11) is 0. The van der Waals surface area contributed by atoms with Gasteiger partial charge in [-0.1, -0.05) is 0 Å². The van der Waals surface area contributed by atoms with Crippen molar-refractivity contribution in [1.29, 1.82) is 0 Å². The first-order valence-electron chi connectivity index (χ1n) is 4.13. The Morgan fingerprint density at radius 3 is 2.86 bits per heavy atom. The van der Waals surface area contributed by atoms with Gasteiger partial charge in [-0.05, 0) is 23.4 Å². The van der Waals surface area contributed by atoms with Crippen LogP contribution in [0.15, 0.2) is 30.7 Å². The lowest BCUT2D eigenvalue weighted by Crippen LogP contribution is -1.78. The van der Waals surface area contributed by atoms with E-state index in [-0.39, 0.29) is 0 Å². The maximum Gasteiger partial charge on any atom is 0.116 e. The van der Waals surface area contributed by atoms with Crippen molar-refractivity contribution in [3.05, 3.63) is 30.7 Å². The van der Waals surface area contributed by atoms with Gasteiger partial charge in [0, 0.05) is 5.39 Å². The molecule has 3 rings (SSSR count). The van der Waals surface area contributed by atoms with Crippen molar-refractivity contribution >= 4 is 21.9 Å². The maximum atomic E-state index is 4.17. The number of hydrogen-bond acceptors (Lipinski definition) is 5. The van der Waals surface area contributed by atoms with Gasteiger partial charge in [-0.25, -0.2) is 9.97 Å². The molecule has 0 atom stereocenters. The van der Waals surface area contributed by atoms with Crippen molar-refractivity contribution in [3.8, 4) is 0 Å². The molecule has 0 saturated heterocycles. The van der Waals surface area contributed by atoms with Gasteiger partial charge in [0.2, 0.25) is 0 Å². The summed E-state index contributed by atoms with van der Waals surface area (Å²) in [5.41, 5.74) is 2.48. The Morgan fingerprint density at radius 2 is 1.86 bits per heavy atom. The Morgan fingerprint density at radius 1 is 0.929 bits per heavy atom. The first kappa shape index (κ1) is 7.25. The lowest BCUT2D eigenvalue weighted by Gasteiger charge is -1.90. The zero-order chi connectivity index (χ0) is 9.38. The molecule has 0 spiro atoms. The molecule has 0 amide bonds. The molecule has 0 bridgehead atoms. The van der Waals surface area contributed by atoms with Crippen LogP contribution in [-0.2, 0) is 0 Å². The first-order valence-corrected chi connectivity index (χ1v) is 4.13. The van der Waals surface area contributed by atoms with Crippen molar-refractivity contribution in [2.24, 2.45) is 0 Å². The van der Waals surface area contributed by atoms with E-state index in [4.69, 9.17) is 0 Å². The zero-order valence-electron chi connectivity index (χ0n) is 7.12. The molecule has 0 fully saturated rings. The Hall–Kier alpha value is -2.17. The van der Waals surface area contributed by atoms with Gasteiger partial charge in [-0.15, -0.1) is 10.2 Å². The van der Waals surface area contributed by atoms with Crippen LogP contribution >= 0.6 is 0 Å². The number of nitrogens with zero attached hydrogens (tertiary/aromatic N) is 5. The minimum atomic E-state index is 0.774. The van der Waals surface area contributed by atoms with E-state index >= 15 is 0 Å². The lowest BCUT2D eigenvalue weighted by atomic mass is 10.2. The van der Waals surface area contributed by atoms with Crippen LogP contribution in [0.5, 0.6) is 0 Å². The normalized spacial score (nSPS) is 10.9. The van der Waals surface area contributed by atoms with Crippen molar-refractivity contribution in [2.45, 2.75) is 0 Å². The molecule has 0 radical (unpaired) electrons. The molecule has 0 saturated carbocycles. The van der Waals surface area contributed by atoms with Gasteiger partial charge in [0.1, 0.15) is 11.8 Å². The molecule has 5 heteroatoms. The Kier molecular flexibility index (Phi) is 1.38. The van der Waals surface area contributed by atoms with Gasteiger partial charge < -0.3 is 0 Å². The highest BCUT2D eigenvalue weighted by atomic mass is 15.3. The average Bonchev–Trinajstić information content (AvgIpc) is 2.55. The van der Waals surface area contributed by atoms with Crippen molar-refractivity contribution in [1.82, 2.24) is 25.4 Å². The number of benzene rings is 1. The van der Waals surface area contributed by atoms with E-state index in [0.717, 1.165) is 21.9 Å². The standard InChI is InChI=1S/C9H5N5/c1-2-8-9(11-5-10-8)6-3-4-12-14-13-7(1)6/h1-5H. The molecule has 0 N–H and O–H groups in total. The monoisotopic (exact) mass is 183 g/mol. The summed E-state index contributed by atoms with van der Waals surface area (Å²) in [6.45, 7) is 0. The molecule has 0 unspecified atom stereocenters. The summed E-state index contributed by atoms with van der Waals surface area (Å²) in [6, 6.07) is 5.58. The molecular weight excluding hydrogens is 178 g/mol. The van der Waals surface area contributed by atoms with Gasteiger partial charge in [-0.3, -0.25) is 0 Å². The second-order valence-corrected chi connectivity index (χ2v) is 2.86. The van der Waals surface area contributed by atoms with E-state index in [9.17, 15) is 0 Å². The largest absolute Gasteiger partial charge is 0.235 e. The van der Waals surface area contributed by atoms with Crippen LogP contribution in [-0.4, -0.2) is 25.4 Å². The SMILES string of the molecule is c1cc2c(ccc3ncnc32)nnn1. The first-order chi connectivity index (χ1) is 6.95. The molecule has 0 aliphatic rings. The Bertz CT molecular complexity index is 607. The number of aromatic nitrogens is 5. The van der Waals surface area contributed by atoms with E-state index in [1.807, 2.05) is 18.2 Å². The summed E-state index contributed by atoms with van der Waals surface area (Å²) in [6.07, 6.45) is 3.14. The predicted molar refractivity (Wildman–Crippen MR) is 50.4 cm³/mol. The smallest absolute Gasteiger partial charge is 0.116 e. The molecular formula is C9H5N5. The van der Waals surface area contributed by atoms with Crippen molar-refractivity contribution in [2.75, 3.05) is 0 Å². The van der Waals surface area contributed by atoms with E-state index in [1.165, 1.54) is 6.33 Å². The van der Waals surface area contributed by atoms with Gasteiger partial charge in [0.25, 0.3) is 0 Å². The number of hydrogen-bond donors (Lipinski definition) is 0. The Balaban J connectivity index is 2.64. The predicted octanol–water partition coefficient (Wildman–Crippen LogP) is 0.968. The molecule has 66 valence electrons. The zero-order valence-corrected chi connectivity index (χ0v) is 7.12. The maximum absolute atomic E-state index is 4.17. The summed E-state index contributed by atoms with van der Waals surface area (Å²) in [5, 5.41) is 12.2. The van der Waals surface area contributed by atoms with Crippen LogP contribution in [0.2, 0.25) is 0 Å². The molecule has 14 heavy (non-hydrogen) atoms. The molecule has 0 aliphatic carbocycles. The molecule has 5 nitrogen and oxygen atoms in total. The highest BCUT2D eigenvalue weighted by Gasteiger charge is 2.02. The Labute approximate surface area is 78.8 Å². The van der Waals surface area contributed by atoms with E-state index < -0.39 is 0 Å². The third-order valence-electron chi connectivity index (χ3n) is 2.07. The minimum Gasteiger partial charge on any atom is -0.235 e. The molecule has 0 aliphatic heterocycles. The van der Waals surface area contributed by atoms with Gasteiger partial charge in [-0.2, -0.15) is 0 Å².